The van der Waals surface area contributed by atoms with Gasteiger partial charge in [0, 0.05) is 18.1 Å². The predicted molar refractivity (Wildman–Crippen MR) is 81.8 cm³/mol. The molecule has 1 aromatic heterocycles. The second-order valence-corrected chi connectivity index (χ2v) is 5.38. The number of anilines is 2. The van der Waals surface area contributed by atoms with Gasteiger partial charge in [-0.1, -0.05) is 16.6 Å². The molecule has 0 saturated heterocycles. The van der Waals surface area contributed by atoms with Crippen LogP contribution in [0.2, 0.25) is 0 Å². The van der Waals surface area contributed by atoms with Gasteiger partial charge in [0.15, 0.2) is 0 Å². The Hall–Kier alpha value is -2.15. The first-order valence-corrected chi connectivity index (χ1v) is 7.64. The van der Waals surface area contributed by atoms with Crippen LogP contribution in [-0.4, -0.2) is 28.6 Å². The Balaban J connectivity index is 1.92. The number of carbonyl (C=O) groups is 1. The number of para-hydroxylation sites is 2. The van der Waals surface area contributed by atoms with Gasteiger partial charge in [0.05, 0.1) is 25.3 Å². The Morgan fingerprint density at radius 1 is 1.43 bits per heavy atom. The Bertz CT molecular complexity index is 643. The quantitative estimate of drug-likeness (QED) is 0.938. The van der Waals surface area contributed by atoms with Crippen molar-refractivity contribution in [3.63, 3.8) is 0 Å². The fourth-order valence-electron chi connectivity index (χ4n) is 2.25. The van der Waals surface area contributed by atoms with Crippen LogP contribution in [0.5, 0.6) is 5.75 Å². The van der Waals surface area contributed by atoms with E-state index in [0.717, 1.165) is 28.7 Å². The predicted octanol–water partition coefficient (Wildman–Crippen LogP) is 2.29. The standard InChI is InChI=1S/C14H16N4O2S/c1-2-15-14-10(16-17-21-14)9-18-11-5-3-4-6-12(11)20-8-7-13(18)19/h3-6,15H,2,7-9H2,1H3. The number of hydrogen-bond donors (Lipinski definition) is 1. The average Bonchev–Trinajstić information content (AvgIpc) is 2.86. The minimum atomic E-state index is 0.0374. The van der Waals surface area contributed by atoms with Crippen LogP contribution in [-0.2, 0) is 11.3 Å². The van der Waals surface area contributed by atoms with Gasteiger partial charge in [0.1, 0.15) is 16.4 Å². The lowest BCUT2D eigenvalue weighted by molar-refractivity contribution is -0.118. The Morgan fingerprint density at radius 3 is 3.14 bits per heavy atom. The molecule has 1 aliphatic heterocycles. The van der Waals surface area contributed by atoms with Crippen molar-refractivity contribution in [2.45, 2.75) is 19.9 Å². The lowest BCUT2D eigenvalue weighted by Gasteiger charge is -2.21. The molecule has 7 heteroatoms. The minimum Gasteiger partial charge on any atom is -0.491 e. The zero-order valence-electron chi connectivity index (χ0n) is 11.7. The fraction of sp³-hybridized carbons (Fsp3) is 0.357. The largest absolute Gasteiger partial charge is 0.491 e. The highest BCUT2D eigenvalue weighted by atomic mass is 32.1. The molecule has 0 fully saturated rings. The number of fused-ring (bicyclic) bond motifs is 1. The molecule has 2 heterocycles. The summed E-state index contributed by atoms with van der Waals surface area (Å²) in [6.45, 7) is 3.62. The van der Waals surface area contributed by atoms with Gasteiger partial charge in [0.2, 0.25) is 5.91 Å². The average molecular weight is 304 g/mol. The fourth-order valence-corrected chi connectivity index (χ4v) is 2.89. The van der Waals surface area contributed by atoms with Crippen LogP contribution in [0.15, 0.2) is 24.3 Å². The first-order chi connectivity index (χ1) is 10.3. The van der Waals surface area contributed by atoms with Crippen LogP contribution in [0, 0.1) is 0 Å². The molecule has 0 atom stereocenters. The van der Waals surface area contributed by atoms with Gasteiger partial charge in [-0.2, -0.15) is 0 Å². The monoisotopic (exact) mass is 304 g/mol. The lowest BCUT2D eigenvalue weighted by atomic mass is 10.2. The molecule has 0 bridgehead atoms. The number of aromatic nitrogens is 2. The Morgan fingerprint density at radius 2 is 2.29 bits per heavy atom. The third kappa shape index (κ3) is 2.82. The van der Waals surface area contributed by atoms with Crippen LogP contribution in [0.1, 0.15) is 19.0 Å². The van der Waals surface area contributed by atoms with E-state index in [1.807, 2.05) is 31.2 Å². The normalized spacial score (nSPS) is 14.3. The SMILES string of the molecule is CCNc1snnc1CN1C(=O)CCOc2ccccc21. The van der Waals surface area contributed by atoms with E-state index >= 15 is 0 Å². The summed E-state index contributed by atoms with van der Waals surface area (Å²) in [7, 11) is 0. The van der Waals surface area contributed by atoms with E-state index in [0.29, 0.717) is 19.6 Å². The lowest BCUT2D eigenvalue weighted by Crippen LogP contribution is -2.30. The van der Waals surface area contributed by atoms with Crippen LogP contribution in [0.4, 0.5) is 10.7 Å². The number of nitrogens with zero attached hydrogens (tertiary/aromatic N) is 3. The molecule has 0 unspecified atom stereocenters. The van der Waals surface area contributed by atoms with Crippen LogP contribution in [0.25, 0.3) is 0 Å². The van der Waals surface area contributed by atoms with Gasteiger partial charge in [-0.15, -0.1) is 5.10 Å². The third-order valence-electron chi connectivity index (χ3n) is 3.23. The molecule has 110 valence electrons. The molecule has 0 radical (unpaired) electrons. The molecule has 6 nitrogen and oxygen atoms in total. The first kappa shape index (κ1) is 13.8. The van der Waals surface area contributed by atoms with Crippen molar-refractivity contribution in [2.24, 2.45) is 0 Å². The van der Waals surface area contributed by atoms with Crippen molar-refractivity contribution in [1.29, 1.82) is 0 Å². The van der Waals surface area contributed by atoms with Gasteiger partial charge >= 0.3 is 0 Å². The highest BCUT2D eigenvalue weighted by molar-refractivity contribution is 7.10. The number of benzene rings is 1. The smallest absolute Gasteiger partial charge is 0.230 e. The third-order valence-corrected chi connectivity index (χ3v) is 3.96. The second-order valence-electron chi connectivity index (χ2n) is 4.63. The van der Waals surface area contributed by atoms with Gasteiger partial charge < -0.3 is 15.0 Å². The first-order valence-electron chi connectivity index (χ1n) is 6.87. The van der Waals surface area contributed by atoms with E-state index in [9.17, 15) is 4.79 Å². The van der Waals surface area contributed by atoms with E-state index in [2.05, 4.69) is 14.9 Å². The highest BCUT2D eigenvalue weighted by Crippen LogP contribution is 2.33. The molecule has 0 spiro atoms. The Kier molecular flexibility index (Phi) is 4.01. The maximum atomic E-state index is 12.4. The summed E-state index contributed by atoms with van der Waals surface area (Å²) in [5, 5.41) is 8.27. The van der Waals surface area contributed by atoms with Crippen molar-refractivity contribution in [1.82, 2.24) is 9.59 Å². The summed E-state index contributed by atoms with van der Waals surface area (Å²) in [6, 6.07) is 7.58. The number of ether oxygens (including phenoxy) is 1. The van der Waals surface area contributed by atoms with Crippen molar-refractivity contribution in [3.8, 4) is 5.75 Å². The van der Waals surface area contributed by atoms with Crippen molar-refractivity contribution in [3.05, 3.63) is 30.0 Å². The summed E-state index contributed by atoms with van der Waals surface area (Å²) >= 11 is 1.31. The molecule has 0 aliphatic carbocycles. The van der Waals surface area contributed by atoms with Gasteiger partial charge in [-0.25, -0.2) is 0 Å². The summed E-state index contributed by atoms with van der Waals surface area (Å²) in [6.07, 6.45) is 0.364. The van der Waals surface area contributed by atoms with Gasteiger partial charge in [0.25, 0.3) is 0 Å². The summed E-state index contributed by atoms with van der Waals surface area (Å²) in [5.74, 6) is 0.770. The Labute approximate surface area is 126 Å². The van der Waals surface area contributed by atoms with E-state index in [1.54, 1.807) is 4.90 Å². The second kappa shape index (κ2) is 6.09. The summed E-state index contributed by atoms with van der Waals surface area (Å²) in [4.78, 5) is 14.1. The van der Waals surface area contributed by atoms with Crippen molar-refractivity contribution >= 4 is 28.1 Å². The van der Waals surface area contributed by atoms with Gasteiger partial charge in [-0.05, 0) is 19.1 Å². The number of amides is 1. The van der Waals surface area contributed by atoms with E-state index in [4.69, 9.17) is 4.74 Å². The van der Waals surface area contributed by atoms with E-state index in [-0.39, 0.29) is 5.91 Å². The van der Waals surface area contributed by atoms with Crippen LogP contribution < -0.4 is 15.0 Å². The molecular formula is C14H16N4O2S. The van der Waals surface area contributed by atoms with Crippen molar-refractivity contribution in [2.75, 3.05) is 23.4 Å². The molecule has 1 amide bonds. The topological polar surface area (TPSA) is 67.4 Å². The number of rotatable bonds is 4. The maximum absolute atomic E-state index is 12.4. The van der Waals surface area contributed by atoms with Crippen molar-refractivity contribution < 1.29 is 9.53 Å². The molecule has 1 aliphatic rings. The molecule has 0 saturated carbocycles. The number of hydrogen-bond acceptors (Lipinski definition) is 6. The number of carbonyl (C=O) groups excluding carboxylic acids is 1. The summed E-state index contributed by atoms with van der Waals surface area (Å²) in [5.41, 5.74) is 1.57. The maximum Gasteiger partial charge on any atom is 0.230 e. The molecule has 1 N–H and O–H groups in total. The van der Waals surface area contributed by atoms with E-state index in [1.165, 1.54) is 11.5 Å². The summed E-state index contributed by atoms with van der Waals surface area (Å²) < 4.78 is 9.61. The zero-order chi connectivity index (χ0) is 14.7. The van der Waals surface area contributed by atoms with Gasteiger partial charge in [-0.3, -0.25) is 4.79 Å². The molecule has 3 rings (SSSR count). The van der Waals surface area contributed by atoms with Crippen LogP contribution in [0.3, 0.4) is 0 Å². The molecule has 2 aromatic rings. The molecular weight excluding hydrogens is 288 g/mol. The molecule has 1 aromatic carbocycles. The zero-order valence-corrected chi connectivity index (χ0v) is 12.5. The molecule has 21 heavy (non-hydrogen) atoms. The number of nitrogens with one attached hydrogen (secondary N) is 1. The highest BCUT2D eigenvalue weighted by Gasteiger charge is 2.25. The van der Waals surface area contributed by atoms with Crippen LogP contribution >= 0.6 is 11.5 Å². The minimum absolute atomic E-state index is 0.0374. The van der Waals surface area contributed by atoms with E-state index < -0.39 is 0 Å².